The highest BCUT2D eigenvalue weighted by atomic mass is 16.6. The molecule has 6 nitrogen and oxygen atoms in total. The van der Waals surface area contributed by atoms with Crippen LogP contribution in [0, 0.1) is 10.1 Å². The van der Waals surface area contributed by atoms with Gasteiger partial charge in [0.15, 0.2) is 0 Å². The van der Waals surface area contributed by atoms with Crippen LogP contribution in [0.5, 0.6) is 0 Å². The molecule has 15 heavy (non-hydrogen) atoms. The van der Waals surface area contributed by atoms with Crippen LogP contribution in [0.2, 0.25) is 0 Å². The van der Waals surface area contributed by atoms with Gasteiger partial charge in [-0.25, -0.2) is 0 Å². The minimum absolute atomic E-state index is 0.0292. The van der Waals surface area contributed by atoms with Gasteiger partial charge in [0.1, 0.15) is 0 Å². The van der Waals surface area contributed by atoms with Crippen LogP contribution < -0.4 is 5.73 Å². The summed E-state index contributed by atoms with van der Waals surface area (Å²) in [6, 6.07) is 6.21. The van der Waals surface area contributed by atoms with Gasteiger partial charge in [0, 0.05) is 17.7 Å². The molecule has 0 unspecified atom stereocenters. The first-order chi connectivity index (χ1) is 7.18. The maximum Gasteiger partial charge on any atom is 0.270 e. The lowest BCUT2D eigenvalue weighted by molar-refractivity contribution is -0.384. The molecule has 0 atom stereocenters. The number of rotatable bonds is 2. The molecule has 2 rings (SSSR count). The zero-order valence-corrected chi connectivity index (χ0v) is 7.68. The van der Waals surface area contributed by atoms with Gasteiger partial charge >= 0.3 is 0 Å². The predicted octanol–water partition coefficient (Wildman–Crippen LogP) is 1.57. The van der Waals surface area contributed by atoms with Crippen LogP contribution in [0.25, 0.3) is 11.3 Å². The van der Waals surface area contributed by atoms with Gasteiger partial charge in [-0.1, -0.05) is 12.1 Å². The summed E-state index contributed by atoms with van der Waals surface area (Å²) >= 11 is 0. The Morgan fingerprint density at radius 1 is 1.47 bits per heavy atom. The van der Waals surface area contributed by atoms with E-state index in [1.807, 2.05) is 0 Å². The number of benzene rings is 1. The van der Waals surface area contributed by atoms with E-state index in [4.69, 9.17) is 5.73 Å². The monoisotopic (exact) mass is 204 g/mol. The first kappa shape index (κ1) is 9.20. The quantitative estimate of drug-likeness (QED) is 0.572. The van der Waals surface area contributed by atoms with Crippen molar-refractivity contribution in [2.45, 2.75) is 0 Å². The van der Waals surface area contributed by atoms with Crippen LogP contribution in [-0.2, 0) is 0 Å². The molecule has 0 radical (unpaired) electrons. The lowest BCUT2D eigenvalue weighted by Crippen LogP contribution is -1.90. The van der Waals surface area contributed by atoms with E-state index in [0.717, 1.165) is 0 Å². The molecular formula is C9H8N4O2. The van der Waals surface area contributed by atoms with E-state index in [0.29, 0.717) is 16.9 Å². The van der Waals surface area contributed by atoms with Crippen molar-refractivity contribution >= 4 is 11.4 Å². The largest absolute Gasteiger partial charge is 0.396 e. The lowest BCUT2D eigenvalue weighted by atomic mass is 10.1. The number of nitrogens with one attached hydrogen (secondary N) is 1. The molecule has 0 aliphatic carbocycles. The molecule has 0 saturated carbocycles. The maximum atomic E-state index is 10.6. The fraction of sp³-hybridized carbons (Fsp3) is 0. The Kier molecular flexibility index (Phi) is 2.09. The van der Waals surface area contributed by atoms with E-state index in [1.54, 1.807) is 12.1 Å². The Morgan fingerprint density at radius 2 is 2.27 bits per heavy atom. The van der Waals surface area contributed by atoms with Crippen molar-refractivity contribution in [1.82, 2.24) is 10.2 Å². The number of nitrogens with zero attached hydrogens (tertiary/aromatic N) is 2. The molecule has 0 spiro atoms. The highest BCUT2D eigenvalue weighted by molar-refractivity contribution is 5.73. The van der Waals surface area contributed by atoms with Crippen molar-refractivity contribution in [3.63, 3.8) is 0 Å². The zero-order valence-electron chi connectivity index (χ0n) is 7.68. The standard InChI is InChI=1S/C9H8N4O2/c10-8-5-11-12-9(8)6-2-1-3-7(4-6)13(14)15/h1-5H,10H2,(H,11,12). The van der Waals surface area contributed by atoms with E-state index in [-0.39, 0.29) is 5.69 Å². The molecule has 3 N–H and O–H groups in total. The lowest BCUT2D eigenvalue weighted by Gasteiger charge is -1.98. The third-order valence-corrected chi connectivity index (χ3v) is 2.01. The summed E-state index contributed by atoms with van der Waals surface area (Å²) in [5.41, 5.74) is 7.38. The Balaban J connectivity index is 2.50. The minimum Gasteiger partial charge on any atom is -0.396 e. The number of aromatic nitrogens is 2. The average molecular weight is 204 g/mol. The van der Waals surface area contributed by atoms with Crippen molar-refractivity contribution in [2.24, 2.45) is 0 Å². The molecule has 0 bridgehead atoms. The SMILES string of the molecule is Nc1cn[nH]c1-c1cccc([N+](=O)[O-])c1. The van der Waals surface area contributed by atoms with Gasteiger partial charge in [0.05, 0.1) is 22.5 Å². The Labute approximate surface area is 84.9 Å². The summed E-state index contributed by atoms with van der Waals surface area (Å²) in [5, 5.41) is 17.0. The second-order valence-electron chi connectivity index (χ2n) is 3.01. The summed E-state index contributed by atoms with van der Waals surface area (Å²) in [6.45, 7) is 0. The number of H-pyrrole nitrogens is 1. The topological polar surface area (TPSA) is 97.8 Å². The minimum atomic E-state index is -0.448. The number of hydrogen-bond acceptors (Lipinski definition) is 4. The number of aromatic amines is 1. The number of non-ortho nitro benzene ring substituents is 1. The van der Waals surface area contributed by atoms with E-state index in [1.165, 1.54) is 18.3 Å². The fourth-order valence-electron chi connectivity index (χ4n) is 1.30. The third-order valence-electron chi connectivity index (χ3n) is 2.01. The first-order valence-corrected chi connectivity index (χ1v) is 4.22. The van der Waals surface area contributed by atoms with Gasteiger partial charge in [-0.2, -0.15) is 5.10 Å². The van der Waals surface area contributed by atoms with Crippen molar-refractivity contribution in [2.75, 3.05) is 5.73 Å². The summed E-state index contributed by atoms with van der Waals surface area (Å²) in [7, 11) is 0. The Morgan fingerprint density at radius 3 is 2.87 bits per heavy atom. The van der Waals surface area contributed by atoms with Crippen molar-refractivity contribution in [3.8, 4) is 11.3 Å². The Hall–Kier alpha value is -2.37. The van der Waals surface area contributed by atoms with Crippen LogP contribution in [0.3, 0.4) is 0 Å². The number of anilines is 1. The van der Waals surface area contributed by atoms with Gasteiger partial charge < -0.3 is 5.73 Å². The smallest absolute Gasteiger partial charge is 0.270 e. The van der Waals surface area contributed by atoms with Gasteiger partial charge in [0.2, 0.25) is 0 Å². The summed E-state index contributed by atoms with van der Waals surface area (Å²) in [5.74, 6) is 0. The van der Waals surface area contributed by atoms with Crippen LogP contribution in [-0.4, -0.2) is 15.1 Å². The summed E-state index contributed by atoms with van der Waals surface area (Å²) in [6.07, 6.45) is 1.47. The molecule has 0 aliphatic heterocycles. The number of nitrogens with two attached hydrogens (primary N) is 1. The summed E-state index contributed by atoms with van der Waals surface area (Å²) in [4.78, 5) is 10.1. The molecular weight excluding hydrogens is 196 g/mol. The second kappa shape index (κ2) is 3.41. The predicted molar refractivity (Wildman–Crippen MR) is 55.1 cm³/mol. The van der Waals surface area contributed by atoms with E-state index in [2.05, 4.69) is 10.2 Å². The molecule has 1 aromatic heterocycles. The molecule has 0 saturated heterocycles. The molecule has 76 valence electrons. The van der Waals surface area contributed by atoms with Gasteiger partial charge in [-0.15, -0.1) is 0 Å². The van der Waals surface area contributed by atoms with E-state index < -0.39 is 4.92 Å². The van der Waals surface area contributed by atoms with Gasteiger partial charge in [0.25, 0.3) is 5.69 Å². The average Bonchev–Trinajstić information content (AvgIpc) is 2.64. The number of nitro benzene ring substituents is 1. The molecule has 1 aromatic carbocycles. The molecule has 1 heterocycles. The fourth-order valence-corrected chi connectivity index (χ4v) is 1.30. The van der Waals surface area contributed by atoms with Crippen LogP contribution in [0.4, 0.5) is 11.4 Å². The van der Waals surface area contributed by atoms with E-state index >= 15 is 0 Å². The van der Waals surface area contributed by atoms with Gasteiger partial charge in [-0.05, 0) is 0 Å². The van der Waals surface area contributed by atoms with Crippen molar-refractivity contribution in [1.29, 1.82) is 0 Å². The highest BCUT2D eigenvalue weighted by Crippen LogP contribution is 2.25. The molecule has 2 aromatic rings. The number of nitro groups is 1. The normalized spacial score (nSPS) is 10.1. The summed E-state index contributed by atoms with van der Waals surface area (Å²) < 4.78 is 0. The van der Waals surface area contributed by atoms with Crippen LogP contribution in [0.15, 0.2) is 30.5 Å². The number of hydrogen-bond donors (Lipinski definition) is 2. The maximum absolute atomic E-state index is 10.6. The second-order valence-corrected chi connectivity index (χ2v) is 3.01. The highest BCUT2D eigenvalue weighted by Gasteiger charge is 2.09. The van der Waals surface area contributed by atoms with Crippen molar-refractivity contribution in [3.05, 3.63) is 40.6 Å². The van der Waals surface area contributed by atoms with E-state index in [9.17, 15) is 10.1 Å². The van der Waals surface area contributed by atoms with Crippen LogP contribution >= 0.6 is 0 Å². The first-order valence-electron chi connectivity index (χ1n) is 4.22. The van der Waals surface area contributed by atoms with Gasteiger partial charge in [-0.3, -0.25) is 15.2 Å². The molecule has 0 amide bonds. The van der Waals surface area contributed by atoms with Crippen molar-refractivity contribution < 1.29 is 4.92 Å². The molecule has 0 fully saturated rings. The van der Waals surface area contributed by atoms with Crippen LogP contribution in [0.1, 0.15) is 0 Å². The molecule has 6 heteroatoms. The zero-order chi connectivity index (χ0) is 10.8. The Bertz CT molecular complexity index is 506. The molecule has 0 aliphatic rings. The third kappa shape index (κ3) is 1.64. The number of nitrogen functional groups attached to an aromatic ring is 1.